The third-order valence-corrected chi connectivity index (χ3v) is 3.90. The third kappa shape index (κ3) is 8.92. The van der Waals surface area contributed by atoms with Gasteiger partial charge < -0.3 is 10.6 Å². The molecule has 0 saturated heterocycles. The molecule has 0 spiro atoms. The van der Waals surface area contributed by atoms with E-state index in [-0.39, 0.29) is 24.0 Å². The van der Waals surface area contributed by atoms with Gasteiger partial charge in [-0.2, -0.15) is 0 Å². The highest BCUT2D eigenvalue weighted by Gasteiger charge is 2.10. The SMILES string of the molecule is CCNC(=NCc1nc(C(C)C)cs1)NCCC(C)(C)C.I. The summed E-state index contributed by atoms with van der Waals surface area (Å²) >= 11 is 1.69. The highest BCUT2D eigenvalue weighted by molar-refractivity contribution is 14.0. The molecule has 0 saturated carbocycles. The Morgan fingerprint density at radius 3 is 2.50 bits per heavy atom. The monoisotopic (exact) mass is 438 g/mol. The summed E-state index contributed by atoms with van der Waals surface area (Å²) in [4.78, 5) is 9.24. The Morgan fingerprint density at radius 2 is 2.00 bits per heavy atom. The number of thiazole rings is 1. The smallest absolute Gasteiger partial charge is 0.191 e. The number of aromatic nitrogens is 1. The maximum absolute atomic E-state index is 4.62. The number of nitrogens with one attached hydrogen (secondary N) is 2. The lowest BCUT2D eigenvalue weighted by Gasteiger charge is -2.19. The van der Waals surface area contributed by atoms with Crippen molar-refractivity contribution in [3.05, 3.63) is 16.1 Å². The molecule has 128 valence electrons. The number of halogens is 1. The summed E-state index contributed by atoms with van der Waals surface area (Å²) in [5, 5.41) is 9.89. The molecular weight excluding hydrogens is 407 g/mol. The first kappa shape index (κ1) is 21.6. The topological polar surface area (TPSA) is 49.3 Å². The second-order valence-electron chi connectivity index (χ2n) is 6.75. The third-order valence-electron chi connectivity index (χ3n) is 3.05. The van der Waals surface area contributed by atoms with E-state index < -0.39 is 0 Å². The normalized spacial score (nSPS) is 12.2. The second kappa shape index (κ2) is 10.4. The first-order chi connectivity index (χ1) is 9.81. The molecule has 2 N–H and O–H groups in total. The van der Waals surface area contributed by atoms with E-state index in [1.54, 1.807) is 11.3 Å². The van der Waals surface area contributed by atoms with Crippen molar-refractivity contribution in [2.45, 2.75) is 60.4 Å². The van der Waals surface area contributed by atoms with Crippen LogP contribution < -0.4 is 10.6 Å². The van der Waals surface area contributed by atoms with E-state index in [4.69, 9.17) is 0 Å². The Bertz CT molecular complexity index is 449. The van der Waals surface area contributed by atoms with E-state index in [9.17, 15) is 0 Å². The predicted molar refractivity (Wildman–Crippen MR) is 109 cm³/mol. The summed E-state index contributed by atoms with van der Waals surface area (Å²) in [5.41, 5.74) is 1.50. The number of hydrogen-bond donors (Lipinski definition) is 2. The Kier molecular flexibility index (Phi) is 10.2. The van der Waals surface area contributed by atoms with E-state index in [2.05, 4.69) is 67.5 Å². The first-order valence-corrected chi connectivity index (χ1v) is 8.66. The van der Waals surface area contributed by atoms with Gasteiger partial charge in [-0.1, -0.05) is 34.6 Å². The molecule has 0 aliphatic carbocycles. The van der Waals surface area contributed by atoms with Gasteiger partial charge in [-0.05, 0) is 24.7 Å². The minimum atomic E-state index is 0. The maximum atomic E-state index is 4.62. The molecule has 4 nitrogen and oxygen atoms in total. The Hall–Kier alpha value is -0.370. The van der Waals surface area contributed by atoms with Gasteiger partial charge in [-0.15, -0.1) is 35.3 Å². The van der Waals surface area contributed by atoms with Crippen LogP contribution in [0.4, 0.5) is 0 Å². The minimum absolute atomic E-state index is 0. The zero-order chi connectivity index (χ0) is 15.9. The van der Waals surface area contributed by atoms with E-state index >= 15 is 0 Å². The molecule has 6 heteroatoms. The number of rotatable bonds is 6. The van der Waals surface area contributed by atoms with Crippen LogP contribution in [-0.4, -0.2) is 24.0 Å². The molecule has 0 aliphatic rings. The predicted octanol–water partition coefficient (Wildman–Crippen LogP) is 4.38. The molecule has 1 aromatic heterocycles. The summed E-state index contributed by atoms with van der Waals surface area (Å²) < 4.78 is 0. The fourth-order valence-corrected chi connectivity index (χ4v) is 2.59. The van der Waals surface area contributed by atoms with Crippen LogP contribution in [0.3, 0.4) is 0 Å². The molecule has 1 rings (SSSR count). The van der Waals surface area contributed by atoms with Gasteiger partial charge >= 0.3 is 0 Å². The van der Waals surface area contributed by atoms with Crippen molar-refractivity contribution in [2.75, 3.05) is 13.1 Å². The highest BCUT2D eigenvalue weighted by Crippen LogP contribution is 2.18. The summed E-state index contributed by atoms with van der Waals surface area (Å²) in [5.74, 6) is 1.36. The molecule has 0 aliphatic heterocycles. The molecule has 0 atom stereocenters. The summed E-state index contributed by atoms with van der Waals surface area (Å²) in [6.07, 6.45) is 1.12. The van der Waals surface area contributed by atoms with Gasteiger partial charge in [0.25, 0.3) is 0 Å². The van der Waals surface area contributed by atoms with E-state index in [1.807, 2.05) is 0 Å². The van der Waals surface area contributed by atoms with Crippen LogP contribution in [0.1, 0.15) is 64.6 Å². The first-order valence-electron chi connectivity index (χ1n) is 7.78. The highest BCUT2D eigenvalue weighted by atomic mass is 127. The van der Waals surface area contributed by atoms with Gasteiger partial charge in [-0.25, -0.2) is 9.98 Å². The standard InChI is InChI=1S/C16H30N4S.HI/c1-7-17-15(18-9-8-16(4,5)6)19-10-14-20-13(11-21-14)12(2)3;/h11-12H,7-10H2,1-6H3,(H2,17,18,19);1H. The Labute approximate surface area is 156 Å². The second-order valence-corrected chi connectivity index (χ2v) is 7.70. The molecule has 0 aromatic carbocycles. The quantitative estimate of drug-likeness (QED) is 0.394. The number of guanidine groups is 1. The van der Waals surface area contributed by atoms with Crippen molar-refractivity contribution in [2.24, 2.45) is 10.4 Å². The van der Waals surface area contributed by atoms with Crippen LogP contribution in [0.15, 0.2) is 10.4 Å². The molecule has 0 bridgehead atoms. The number of aliphatic imine (C=N–C) groups is 1. The zero-order valence-electron chi connectivity index (χ0n) is 14.7. The van der Waals surface area contributed by atoms with Gasteiger partial charge in [0.05, 0.1) is 12.2 Å². The molecule has 0 amide bonds. The van der Waals surface area contributed by atoms with Crippen molar-refractivity contribution in [1.29, 1.82) is 0 Å². The van der Waals surface area contributed by atoms with Crippen LogP contribution in [-0.2, 0) is 6.54 Å². The Balaban J connectivity index is 0.00000441. The van der Waals surface area contributed by atoms with Crippen LogP contribution >= 0.6 is 35.3 Å². The van der Waals surface area contributed by atoms with Crippen molar-refractivity contribution in [3.63, 3.8) is 0 Å². The molecule has 0 radical (unpaired) electrons. The summed E-state index contributed by atoms with van der Waals surface area (Å²) in [6.45, 7) is 15.6. The van der Waals surface area contributed by atoms with Crippen molar-refractivity contribution in [1.82, 2.24) is 15.6 Å². The van der Waals surface area contributed by atoms with Crippen LogP contribution in [0.2, 0.25) is 0 Å². The van der Waals surface area contributed by atoms with Gasteiger partial charge in [0.2, 0.25) is 0 Å². The molecule has 0 unspecified atom stereocenters. The molecular formula is C16H31IN4S. The van der Waals surface area contributed by atoms with Gasteiger partial charge in [-0.3, -0.25) is 0 Å². The molecule has 22 heavy (non-hydrogen) atoms. The lowest BCUT2D eigenvalue weighted by atomic mass is 9.92. The average molecular weight is 438 g/mol. The van der Waals surface area contributed by atoms with Crippen LogP contribution in [0.25, 0.3) is 0 Å². The Morgan fingerprint density at radius 1 is 1.32 bits per heavy atom. The lowest BCUT2D eigenvalue weighted by Crippen LogP contribution is -2.38. The largest absolute Gasteiger partial charge is 0.357 e. The van der Waals surface area contributed by atoms with Crippen LogP contribution in [0.5, 0.6) is 0 Å². The number of nitrogens with zero attached hydrogens (tertiary/aromatic N) is 2. The summed E-state index contributed by atoms with van der Waals surface area (Å²) in [6, 6.07) is 0. The van der Waals surface area contributed by atoms with Gasteiger partial charge in [0, 0.05) is 18.5 Å². The maximum Gasteiger partial charge on any atom is 0.191 e. The average Bonchev–Trinajstić information content (AvgIpc) is 2.83. The van der Waals surface area contributed by atoms with Crippen molar-refractivity contribution >= 4 is 41.3 Å². The number of hydrogen-bond acceptors (Lipinski definition) is 3. The van der Waals surface area contributed by atoms with Crippen LogP contribution in [0, 0.1) is 5.41 Å². The van der Waals surface area contributed by atoms with Crippen molar-refractivity contribution in [3.8, 4) is 0 Å². The minimum Gasteiger partial charge on any atom is -0.357 e. The lowest BCUT2D eigenvalue weighted by molar-refractivity contribution is 0.377. The molecule has 0 fully saturated rings. The molecule has 1 aromatic rings. The fourth-order valence-electron chi connectivity index (χ4n) is 1.71. The zero-order valence-corrected chi connectivity index (χ0v) is 17.8. The fraction of sp³-hybridized carbons (Fsp3) is 0.750. The van der Waals surface area contributed by atoms with Gasteiger partial charge in [0.1, 0.15) is 5.01 Å². The summed E-state index contributed by atoms with van der Waals surface area (Å²) in [7, 11) is 0. The van der Waals surface area contributed by atoms with E-state index in [0.29, 0.717) is 17.9 Å². The van der Waals surface area contributed by atoms with Crippen molar-refractivity contribution < 1.29 is 0 Å². The van der Waals surface area contributed by atoms with Gasteiger partial charge in [0.15, 0.2) is 5.96 Å². The van der Waals surface area contributed by atoms with E-state index in [0.717, 1.165) is 36.2 Å². The molecule has 1 heterocycles. The van der Waals surface area contributed by atoms with E-state index in [1.165, 1.54) is 0 Å².